The van der Waals surface area contributed by atoms with Gasteiger partial charge in [0, 0.05) is 0 Å². The molecule has 0 atom stereocenters. The fraction of sp³-hybridized carbons (Fsp3) is 0.533. The van der Waals surface area contributed by atoms with Gasteiger partial charge in [-0.15, -0.1) is 0 Å². The topological polar surface area (TPSA) is 37.3 Å². The van der Waals surface area contributed by atoms with Crippen LogP contribution in [-0.2, 0) is 11.2 Å². The van der Waals surface area contributed by atoms with Crippen molar-refractivity contribution in [2.75, 3.05) is 0 Å². The van der Waals surface area contributed by atoms with Crippen molar-refractivity contribution in [3.05, 3.63) is 34.9 Å². The number of hydrogen-bond donors (Lipinski definition) is 1. The molecule has 0 saturated carbocycles. The van der Waals surface area contributed by atoms with Crippen LogP contribution in [0.1, 0.15) is 43.4 Å². The molecule has 1 aromatic rings. The monoisotopic (exact) mass is 234 g/mol. The van der Waals surface area contributed by atoms with Gasteiger partial charge in [0.25, 0.3) is 0 Å². The second kappa shape index (κ2) is 5.35. The molecule has 1 aromatic carbocycles. The number of rotatable bonds is 5. The Labute approximate surface area is 104 Å². The molecule has 0 radical (unpaired) electrons. The van der Waals surface area contributed by atoms with Crippen LogP contribution in [0.2, 0.25) is 0 Å². The van der Waals surface area contributed by atoms with Crippen LogP contribution < -0.4 is 0 Å². The molecule has 94 valence electrons. The van der Waals surface area contributed by atoms with E-state index >= 15 is 0 Å². The standard InChI is InChI=1S/C15H22O2/c1-11-7-8-13(10-12(11)2)6-5-9-15(3,4)14(16)17/h7-8,10H,5-6,9H2,1-4H3,(H,16,17). The van der Waals surface area contributed by atoms with E-state index in [4.69, 9.17) is 5.11 Å². The zero-order chi connectivity index (χ0) is 13.1. The van der Waals surface area contributed by atoms with E-state index in [1.807, 2.05) is 0 Å². The Bertz CT molecular complexity index is 405. The van der Waals surface area contributed by atoms with Crippen molar-refractivity contribution in [1.82, 2.24) is 0 Å². The van der Waals surface area contributed by atoms with E-state index in [9.17, 15) is 4.79 Å². The summed E-state index contributed by atoms with van der Waals surface area (Å²) in [6.45, 7) is 7.79. The van der Waals surface area contributed by atoms with Crippen molar-refractivity contribution in [3.8, 4) is 0 Å². The highest BCUT2D eigenvalue weighted by molar-refractivity contribution is 5.73. The minimum Gasteiger partial charge on any atom is -0.481 e. The van der Waals surface area contributed by atoms with Crippen molar-refractivity contribution in [1.29, 1.82) is 0 Å². The summed E-state index contributed by atoms with van der Waals surface area (Å²) < 4.78 is 0. The summed E-state index contributed by atoms with van der Waals surface area (Å²) in [7, 11) is 0. The van der Waals surface area contributed by atoms with Crippen LogP contribution in [0.15, 0.2) is 18.2 Å². The molecule has 0 heterocycles. The van der Waals surface area contributed by atoms with E-state index in [-0.39, 0.29) is 0 Å². The maximum Gasteiger partial charge on any atom is 0.309 e. The fourth-order valence-electron chi connectivity index (χ4n) is 1.80. The minimum absolute atomic E-state index is 0.611. The maximum absolute atomic E-state index is 11.0. The summed E-state index contributed by atoms with van der Waals surface area (Å²) >= 11 is 0. The van der Waals surface area contributed by atoms with Gasteiger partial charge in [0.1, 0.15) is 0 Å². The van der Waals surface area contributed by atoms with Gasteiger partial charge in [0.15, 0.2) is 0 Å². The predicted molar refractivity (Wildman–Crippen MR) is 70.3 cm³/mol. The van der Waals surface area contributed by atoms with Crippen LogP contribution >= 0.6 is 0 Å². The smallest absolute Gasteiger partial charge is 0.309 e. The number of benzene rings is 1. The number of hydrogen-bond acceptors (Lipinski definition) is 1. The Balaban J connectivity index is 2.51. The lowest BCUT2D eigenvalue weighted by molar-refractivity contribution is -0.147. The molecule has 0 aliphatic rings. The Morgan fingerprint density at radius 2 is 1.88 bits per heavy atom. The van der Waals surface area contributed by atoms with E-state index in [0.29, 0.717) is 0 Å². The van der Waals surface area contributed by atoms with Crippen molar-refractivity contribution in [3.63, 3.8) is 0 Å². The van der Waals surface area contributed by atoms with Crippen molar-refractivity contribution in [2.45, 2.75) is 47.0 Å². The lowest BCUT2D eigenvalue weighted by Crippen LogP contribution is -2.23. The number of aliphatic carboxylic acids is 1. The second-order valence-electron chi connectivity index (χ2n) is 5.46. The van der Waals surface area contributed by atoms with Gasteiger partial charge in [0.2, 0.25) is 0 Å². The Morgan fingerprint density at radius 3 is 2.41 bits per heavy atom. The van der Waals surface area contributed by atoms with E-state index < -0.39 is 11.4 Å². The van der Waals surface area contributed by atoms with Gasteiger partial charge in [-0.2, -0.15) is 0 Å². The molecule has 2 heteroatoms. The SMILES string of the molecule is Cc1ccc(CCCC(C)(C)C(=O)O)cc1C. The summed E-state index contributed by atoms with van der Waals surface area (Å²) in [5, 5.41) is 9.02. The van der Waals surface area contributed by atoms with Gasteiger partial charge < -0.3 is 5.11 Å². The molecular weight excluding hydrogens is 212 g/mol. The van der Waals surface area contributed by atoms with Crippen molar-refractivity contribution < 1.29 is 9.90 Å². The normalized spacial score (nSPS) is 11.5. The zero-order valence-electron chi connectivity index (χ0n) is 11.2. The van der Waals surface area contributed by atoms with E-state index in [0.717, 1.165) is 19.3 Å². The van der Waals surface area contributed by atoms with Gasteiger partial charge >= 0.3 is 5.97 Å². The molecular formula is C15H22O2. The van der Waals surface area contributed by atoms with Gasteiger partial charge in [-0.1, -0.05) is 18.2 Å². The van der Waals surface area contributed by atoms with Gasteiger partial charge in [-0.05, 0) is 63.6 Å². The highest BCUT2D eigenvalue weighted by atomic mass is 16.4. The molecule has 0 fully saturated rings. The highest BCUT2D eigenvalue weighted by Gasteiger charge is 2.25. The summed E-state index contributed by atoms with van der Waals surface area (Å²) in [5.41, 5.74) is 3.30. The molecule has 17 heavy (non-hydrogen) atoms. The molecule has 0 bridgehead atoms. The lowest BCUT2D eigenvalue weighted by atomic mass is 9.86. The average molecular weight is 234 g/mol. The largest absolute Gasteiger partial charge is 0.481 e. The van der Waals surface area contributed by atoms with Crippen LogP contribution in [0.4, 0.5) is 0 Å². The first-order valence-corrected chi connectivity index (χ1v) is 6.12. The summed E-state index contributed by atoms with van der Waals surface area (Å²) in [4.78, 5) is 11.0. The van der Waals surface area contributed by atoms with E-state index in [1.165, 1.54) is 16.7 Å². The molecule has 0 amide bonds. The van der Waals surface area contributed by atoms with Gasteiger partial charge in [-0.3, -0.25) is 4.79 Å². The summed E-state index contributed by atoms with van der Waals surface area (Å²) in [6, 6.07) is 6.46. The number of aryl methyl sites for hydroxylation is 3. The van der Waals surface area contributed by atoms with Crippen molar-refractivity contribution in [2.24, 2.45) is 5.41 Å². The third-order valence-electron chi connectivity index (χ3n) is 3.42. The Hall–Kier alpha value is -1.31. The minimum atomic E-state index is -0.711. The van der Waals surface area contributed by atoms with Crippen LogP contribution in [0.5, 0.6) is 0 Å². The maximum atomic E-state index is 11.0. The summed E-state index contributed by atoms with van der Waals surface area (Å²) in [6.07, 6.45) is 2.59. The van der Waals surface area contributed by atoms with Crippen LogP contribution in [0.3, 0.4) is 0 Å². The third-order valence-corrected chi connectivity index (χ3v) is 3.42. The molecule has 0 aliphatic carbocycles. The first-order valence-electron chi connectivity index (χ1n) is 6.12. The molecule has 0 aromatic heterocycles. The van der Waals surface area contributed by atoms with Gasteiger partial charge in [0.05, 0.1) is 5.41 Å². The number of carbonyl (C=O) groups is 1. The van der Waals surface area contributed by atoms with Crippen LogP contribution in [0, 0.1) is 19.3 Å². The average Bonchev–Trinajstić information content (AvgIpc) is 2.23. The summed E-state index contributed by atoms with van der Waals surface area (Å²) in [5.74, 6) is -0.711. The Kier molecular flexibility index (Phi) is 4.33. The fourth-order valence-corrected chi connectivity index (χ4v) is 1.80. The zero-order valence-corrected chi connectivity index (χ0v) is 11.2. The first kappa shape index (κ1) is 13.8. The predicted octanol–water partition coefficient (Wildman–Crippen LogP) is 3.74. The molecule has 0 saturated heterocycles. The molecule has 1 N–H and O–H groups in total. The van der Waals surface area contributed by atoms with Crippen LogP contribution in [-0.4, -0.2) is 11.1 Å². The van der Waals surface area contributed by atoms with Crippen LogP contribution in [0.25, 0.3) is 0 Å². The molecule has 0 aliphatic heterocycles. The molecule has 2 nitrogen and oxygen atoms in total. The lowest BCUT2D eigenvalue weighted by Gasteiger charge is -2.18. The third kappa shape index (κ3) is 3.88. The number of carboxylic acid groups (broad SMARTS) is 1. The Morgan fingerprint density at radius 1 is 1.24 bits per heavy atom. The quantitative estimate of drug-likeness (QED) is 0.842. The second-order valence-corrected chi connectivity index (χ2v) is 5.46. The van der Waals surface area contributed by atoms with Gasteiger partial charge in [-0.25, -0.2) is 0 Å². The molecule has 1 rings (SSSR count). The first-order chi connectivity index (χ1) is 7.83. The van der Waals surface area contributed by atoms with E-state index in [1.54, 1.807) is 13.8 Å². The molecule has 0 unspecified atom stereocenters. The van der Waals surface area contributed by atoms with E-state index in [2.05, 4.69) is 32.0 Å². The van der Waals surface area contributed by atoms with Crippen molar-refractivity contribution >= 4 is 5.97 Å². The molecule has 0 spiro atoms. The highest BCUT2D eigenvalue weighted by Crippen LogP contribution is 2.24. The number of carboxylic acids is 1.